The van der Waals surface area contributed by atoms with Crippen molar-refractivity contribution in [1.82, 2.24) is 10.3 Å². The third-order valence-corrected chi connectivity index (χ3v) is 6.33. The molecule has 0 radical (unpaired) electrons. The van der Waals surface area contributed by atoms with Crippen molar-refractivity contribution in [2.24, 2.45) is 0 Å². The Hall–Kier alpha value is -4.26. The number of carbonyl (C=O) groups excluding carboxylic acids is 1. The molecule has 0 saturated heterocycles. The second-order valence-electron chi connectivity index (χ2n) is 8.29. The fourth-order valence-corrected chi connectivity index (χ4v) is 4.66. The summed E-state index contributed by atoms with van der Waals surface area (Å²) in [5, 5.41) is 13.1. The molecule has 4 aromatic rings. The van der Waals surface area contributed by atoms with E-state index in [0.29, 0.717) is 5.75 Å². The largest absolute Gasteiger partial charge is 0.497 e. The van der Waals surface area contributed by atoms with Crippen molar-refractivity contribution >= 4 is 23.0 Å². The van der Waals surface area contributed by atoms with Crippen LogP contribution in [0, 0.1) is 0 Å². The Morgan fingerprint density at radius 3 is 2.35 bits per heavy atom. The number of H-pyrrole nitrogens is 1. The van der Waals surface area contributed by atoms with Gasteiger partial charge in [-0.3, -0.25) is 0 Å². The van der Waals surface area contributed by atoms with E-state index in [1.165, 1.54) is 0 Å². The number of rotatable bonds is 7. The average Bonchev–Trinajstić information content (AvgIpc) is 3.40. The van der Waals surface area contributed by atoms with Crippen molar-refractivity contribution in [3.63, 3.8) is 0 Å². The number of fused-ring (bicyclic) bond motifs is 4. The van der Waals surface area contributed by atoms with Crippen molar-refractivity contribution in [3.05, 3.63) is 89.6 Å². The van der Waals surface area contributed by atoms with E-state index >= 15 is 0 Å². The normalized spacial score (nSPS) is 13.2. The van der Waals surface area contributed by atoms with Gasteiger partial charge in [0.2, 0.25) is 0 Å². The quantitative estimate of drug-likeness (QED) is 0.374. The molecule has 1 aliphatic rings. The Bertz CT molecular complexity index is 1330. The summed E-state index contributed by atoms with van der Waals surface area (Å²) < 4.78 is 10.7. The summed E-state index contributed by atoms with van der Waals surface area (Å²) in [6.45, 7) is 0.124. The van der Waals surface area contributed by atoms with Crippen molar-refractivity contribution in [1.29, 1.82) is 0 Å². The fraction of sp³-hybridized carbons (Fsp3) is 0.185. The Morgan fingerprint density at radius 2 is 1.71 bits per heavy atom. The van der Waals surface area contributed by atoms with Crippen LogP contribution < -0.4 is 10.1 Å². The van der Waals surface area contributed by atoms with Gasteiger partial charge < -0.3 is 24.9 Å². The summed E-state index contributed by atoms with van der Waals surface area (Å²) in [4.78, 5) is 27.6. The first-order chi connectivity index (χ1) is 16.5. The van der Waals surface area contributed by atoms with Crippen molar-refractivity contribution in [3.8, 4) is 16.9 Å². The molecular weight excluding hydrogens is 432 g/mol. The molecule has 1 aliphatic carbocycles. The Kier molecular flexibility index (Phi) is 5.67. The SMILES string of the molecule is COc1ccc2c(CC(NC(=O)OCC3c4ccccc4-c4ccccc43)C(=O)O)c[nH]c2c1. The van der Waals surface area contributed by atoms with Gasteiger partial charge in [0, 0.05) is 35.5 Å². The summed E-state index contributed by atoms with van der Waals surface area (Å²) >= 11 is 0. The number of methoxy groups -OCH3 is 1. The summed E-state index contributed by atoms with van der Waals surface area (Å²) in [7, 11) is 1.59. The van der Waals surface area contributed by atoms with Gasteiger partial charge in [0.15, 0.2) is 0 Å². The molecule has 0 saturated carbocycles. The van der Waals surface area contributed by atoms with Crippen molar-refractivity contribution in [2.45, 2.75) is 18.4 Å². The number of ether oxygens (including phenoxy) is 2. The van der Waals surface area contributed by atoms with E-state index in [1.807, 2.05) is 54.6 Å². The van der Waals surface area contributed by atoms with E-state index in [9.17, 15) is 14.7 Å². The number of alkyl carbamates (subject to hydrolysis) is 1. The molecule has 3 N–H and O–H groups in total. The van der Waals surface area contributed by atoms with E-state index in [4.69, 9.17) is 9.47 Å². The number of amides is 1. The molecule has 0 spiro atoms. The highest BCUT2D eigenvalue weighted by atomic mass is 16.5. The molecule has 0 bridgehead atoms. The molecule has 3 aromatic carbocycles. The van der Waals surface area contributed by atoms with E-state index in [1.54, 1.807) is 13.3 Å². The van der Waals surface area contributed by atoms with Gasteiger partial charge in [0.05, 0.1) is 7.11 Å². The molecule has 1 aromatic heterocycles. The van der Waals surface area contributed by atoms with Crippen LogP contribution in [0.15, 0.2) is 72.9 Å². The van der Waals surface area contributed by atoms with Gasteiger partial charge in [-0.05, 0) is 39.9 Å². The number of carboxylic acids is 1. The number of aromatic nitrogens is 1. The van der Waals surface area contributed by atoms with E-state index in [0.717, 1.165) is 38.7 Å². The van der Waals surface area contributed by atoms with Crippen LogP contribution in [-0.2, 0) is 16.0 Å². The molecule has 1 unspecified atom stereocenters. The van der Waals surface area contributed by atoms with Crippen molar-refractivity contribution < 1.29 is 24.2 Å². The van der Waals surface area contributed by atoms with Crippen molar-refractivity contribution in [2.75, 3.05) is 13.7 Å². The third kappa shape index (κ3) is 3.96. The number of carboxylic acid groups (broad SMARTS) is 1. The molecule has 1 amide bonds. The molecule has 7 heteroatoms. The van der Waals surface area contributed by atoms with Crippen LogP contribution in [0.3, 0.4) is 0 Å². The lowest BCUT2D eigenvalue weighted by molar-refractivity contribution is -0.139. The monoisotopic (exact) mass is 456 g/mol. The molecule has 0 fully saturated rings. The minimum Gasteiger partial charge on any atom is -0.497 e. The average molecular weight is 456 g/mol. The van der Waals surface area contributed by atoms with Crippen LogP contribution in [0.5, 0.6) is 5.75 Å². The second-order valence-corrected chi connectivity index (χ2v) is 8.29. The Labute approximate surface area is 196 Å². The highest BCUT2D eigenvalue weighted by Gasteiger charge is 2.30. The fourth-order valence-electron chi connectivity index (χ4n) is 4.66. The number of aromatic amines is 1. The lowest BCUT2D eigenvalue weighted by Crippen LogP contribution is -2.42. The van der Waals surface area contributed by atoms with Gasteiger partial charge in [0.25, 0.3) is 0 Å². The predicted octanol–water partition coefficient (Wildman–Crippen LogP) is 4.71. The Balaban J connectivity index is 1.28. The standard InChI is InChI=1S/C27H24N2O5/c1-33-17-10-11-18-16(14-28-24(18)13-17)12-25(26(30)31)29-27(32)34-15-23-21-8-4-2-6-19(21)20-7-3-5-9-22(20)23/h2-11,13-14,23,25,28H,12,15H2,1H3,(H,29,32)(H,30,31). The smallest absolute Gasteiger partial charge is 0.407 e. The molecule has 172 valence electrons. The van der Waals surface area contributed by atoms with E-state index in [2.05, 4.69) is 22.4 Å². The predicted molar refractivity (Wildman–Crippen MR) is 128 cm³/mol. The molecule has 1 atom stereocenters. The molecule has 7 nitrogen and oxygen atoms in total. The number of carbonyl (C=O) groups is 2. The molecule has 0 aliphatic heterocycles. The molecule has 1 heterocycles. The molecule has 34 heavy (non-hydrogen) atoms. The maximum Gasteiger partial charge on any atom is 0.407 e. The van der Waals surface area contributed by atoms with Crippen LogP contribution in [0.25, 0.3) is 22.0 Å². The number of aliphatic carboxylic acids is 1. The zero-order valence-corrected chi connectivity index (χ0v) is 18.6. The van der Waals surface area contributed by atoms with Crippen LogP contribution in [0.1, 0.15) is 22.6 Å². The van der Waals surface area contributed by atoms with Crippen LogP contribution >= 0.6 is 0 Å². The summed E-state index contributed by atoms with van der Waals surface area (Å²) in [5.74, 6) is -0.520. The van der Waals surface area contributed by atoms with E-state index in [-0.39, 0.29) is 18.9 Å². The van der Waals surface area contributed by atoms with Gasteiger partial charge >= 0.3 is 12.1 Å². The maximum absolute atomic E-state index is 12.6. The molecule has 5 rings (SSSR count). The molecular formula is C27H24N2O5. The maximum atomic E-state index is 12.6. The first kappa shape index (κ1) is 21.6. The number of hydrogen-bond acceptors (Lipinski definition) is 4. The van der Waals surface area contributed by atoms with Crippen LogP contribution in [-0.4, -0.2) is 41.9 Å². The van der Waals surface area contributed by atoms with Gasteiger partial charge in [-0.15, -0.1) is 0 Å². The van der Waals surface area contributed by atoms with Gasteiger partial charge in [-0.1, -0.05) is 48.5 Å². The summed E-state index contributed by atoms with van der Waals surface area (Å²) in [6, 6.07) is 20.5. The summed E-state index contributed by atoms with van der Waals surface area (Å²) in [6.07, 6.45) is 1.11. The third-order valence-electron chi connectivity index (χ3n) is 6.33. The topological polar surface area (TPSA) is 101 Å². The van der Waals surface area contributed by atoms with Crippen LogP contribution in [0.2, 0.25) is 0 Å². The highest BCUT2D eigenvalue weighted by molar-refractivity contribution is 5.86. The zero-order chi connectivity index (χ0) is 23.7. The number of hydrogen-bond donors (Lipinski definition) is 3. The lowest BCUT2D eigenvalue weighted by atomic mass is 9.98. The lowest BCUT2D eigenvalue weighted by Gasteiger charge is -2.17. The minimum absolute atomic E-state index is 0.0926. The summed E-state index contributed by atoms with van der Waals surface area (Å²) in [5.41, 5.74) is 6.07. The Morgan fingerprint density at radius 1 is 1.03 bits per heavy atom. The number of nitrogens with one attached hydrogen (secondary N) is 2. The number of benzene rings is 3. The van der Waals surface area contributed by atoms with Gasteiger partial charge in [0.1, 0.15) is 18.4 Å². The van der Waals surface area contributed by atoms with E-state index < -0.39 is 18.1 Å². The van der Waals surface area contributed by atoms with Gasteiger partial charge in [-0.2, -0.15) is 0 Å². The first-order valence-corrected chi connectivity index (χ1v) is 11.0. The zero-order valence-electron chi connectivity index (χ0n) is 18.6. The van der Waals surface area contributed by atoms with Crippen LogP contribution in [0.4, 0.5) is 4.79 Å². The van der Waals surface area contributed by atoms with Gasteiger partial charge in [-0.25, -0.2) is 9.59 Å². The highest BCUT2D eigenvalue weighted by Crippen LogP contribution is 2.44. The minimum atomic E-state index is -1.13. The second kappa shape index (κ2) is 8.94. The first-order valence-electron chi connectivity index (χ1n) is 11.0.